The minimum absolute atomic E-state index is 0. The molecule has 0 radical (unpaired) electrons. The Labute approximate surface area is 68.8 Å². The summed E-state index contributed by atoms with van der Waals surface area (Å²) >= 11 is 0. The third kappa shape index (κ3) is 2.10. The molecule has 0 aromatic carbocycles. The maximum atomic E-state index is 12.5. The lowest BCUT2D eigenvalue weighted by Gasteiger charge is -1.96. The van der Waals surface area contributed by atoms with Crippen LogP contribution in [0.4, 0.5) is 8.78 Å². The van der Waals surface area contributed by atoms with Crippen molar-refractivity contribution in [3.63, 3.8) is 0 Å². The molecule has 0 aliphatic rings. The van der Waals surface area contributed by atoms with E-state index in [1.54, 1.807) is 0 Å². The molecule has 1 aromatic rings. The van der Waals surface area contributed by atoms with Gasteiger partial charge in [-0.1, -0.05) is 0 Å². The standard InChI is InChI=1S/C6H6F2N2.ClH/c7-5-4(3-9)1-2-10-6(5)8;/h1-2H,3,9H2;1H. The zero-order valence-corrected chi connectivity index (χ0v) is 6.37. The number of nitrogens with zero attached hydrogens (tertiary/aromatic N) is 1. The van der Waals surface area contributed by atoms with Gasteiger partial charge < -0.3 is 5.73 Å². The molecule has 0 saturated carbocycles. The molecular formula is C6H7ClF2N2. The Hall–Kier alpha value is -0.740. The highest BCUT2D eigenvalue weighted by Gasteiger charge is 2.05. The van der Waals surface area contributed by atoms with Gasteiger partial charge in [0.05, 0.1) is 0 Å². The van der Waals surface area contributed by atoms with Gasteiger partial charge in [-0.05, 0) is 6.07 Å². The summed E-state index contributed by atoms with van der Waals surface area (Å²) in [4.78, 5) is 3.09. The molecule has 0 spiro atoms. The Morgan fingerprint density at radius 1 is 1.45 bits per heavy atom. The second kappa shape index (κ2) is 4.20. The second-order valence-electron chi connectivity index (χ2n) is 1.78. The van der Waals surface area contributed by atoms with Crippen LogP contribution in [0.2, 0.25) is 0 Å². The summed E-state index contributed by atoms with van der Waals surface area (Å²) in [6.07, 6.45) is 1.18. The minimum atomic E-state index is -1.09. The molecule has 0 aliphatic carbocycles. The zero-order chi connectivity index (χ0) is 7.56. The van der Waals surface area contributed by atoms with E-state index in [-0.39, 0.29) is 24.5 Å². The summed E-state index contributed by atoms with van der Waals surface area (Å²) in [6.45, 7) is -0.00866. The van der Waals surface area contributed by atoms with Crippen LogP contribution >= 0.6 is 12.4 Å². The van der Waals surface area contributed by atoms with Gasteiger partial charge in [0.15, 0.2) is 5.82 Å². The van der Waals surface area contributed by atoms with Crippen LogP contribution in [0.3, 0.4) is 0 Å². The quantitative estimate of drug-likeness (QED) is 0.661. The lowest BCUT2D eigenvalue weighted by molar-refractivity contribution is 0.471. The number of rotatable bonds is 1. The fourth-order valence-electron chi connectivity index (χ4n) is 0.613. The topological polar surface area (TPSA) is 38.9 Å². The van der Waals surface area contributed by atoms with Gasteiger partial charge in [0.2, 0.25) is 5.95 Å². The van der Waals surface area contributed by atoms with Crippen molar-refractivity contribution in [3.05, 3.63) is 29.6 Å². The van der Waals surface area contributed by atoms with Crippen LogP contribution in [0.25, 0.3) is 0 Å². The molecule has 2 nitrogen and oxygen atoms in total. The first-order valence-corrected chi connectivity index (χ1v) is 2.74. The molecule has 2 N–H and O–H groups in total. The van der Waals surface area contributed by atoms with E-state index in [0.29, 0.717) is 0 Å². The number of hydrogen-bond acceptors (Lipinski definition) is 2. The molecule has 0 bridgehead atoms. The van der Waals surface area contributed by atoms with Gasteiger partial charge >= 0.3 is 0 Å². The van der Waals surface area contributed by atoms with E-state index in [9.17, 15) is 8.78 Å². The van der Waals surface area contributed by atoms with E-state index in [1.807, 2.05) is 0 Å². The molecule has 1 aromatic heterocycles. The smallest absolute Gasteiger partial charge is 0.249 e. The normalized spacial score (nSPS) is 9.00. The molecular weight excluding hydrogens is 174 g/mol. The van der Waals surface area contributed by atoms with Crippen molar-refractivity contribution in [2.45, 2.75) is 6.54 Å². The van der Waals surface area contributed by atoms with E-state index < -0.39 is 11.8 Å². The van der Waals surface area contributed by atoms with Crippen molar-refractivity contribution in [1.29, 1.82) is 0 Å². The summed E-state index contributed by atoms with van der Waals surface area (Å²) in [7, 11) is 0. The van der Waals surface area contributed by atoms with Crippen LogP contribution < -0.4 is 5.73 Å². The zero-order valence-electron chi connectivity index (χ0n) is 5.55. The fourth-order valence-corrected chi connectivity index (χ4v) is 0.613. The molecule has 5 heteroatoms. The predicted octanol–water partition coefficient (Wildman–Crippen LogP) is 1.24. The van der Waals surface area contributed by atoms with Crippen LogP contribution in [0.5, 0.6) is 0 Å². The molecule has 1 heterocycles. The van der Waals surface area contributed by atoms with Gasteiger partial charge in [0.25, 0.3) is 0 Å². The molecule has 0 aliphatic heterocycles. The fraction of sp³-hybridized carbons (Fsp3) is 0.167. The number of pyridine rings is 1. The van der Waals surface area contributed by atoms with Crippen molar-refractivity contribution in [3.8, 4) is 0 Å². The molecule has 1 rings (SSSR count). The van der Waals surface area contributed by atoms with E-state index in [0.717, 1.165) is 0 Å². The van der Waals surface area contributed by atoms with Gasteiger partial charge in [-0.2, -0.15) is 4.39 Å². The lowest BCUT2D eigenvalue weighted by atomic mass is 10.2. The summed E-state index contributed by atoms with van der Waals surface area (Å²) < 4.78 is 24.7. The van der Waals surface area contributed by atoms with Gasteiger partial charge in [-0.25, -0.2) is 9.37 Å². The highest BCUT2D eigenvalue weighted by Crippen LogP contribution is 2.06. The van der Waals surface area contributed by atoms with E-state index in [4.69, 9.17) is 5.73 Å². The average molecular weight is 181 g/mol. The van der Waals surface area contributed by atoms with Crippen molar-refractivity contribution in [2.75, 3.05) is 0 Å². The van der Waals surface area contributed by atoms with Gasteiger partial charge in [-0.15, -0.1) is 12.4 Å². The van der Waals surface area contributed by atoms with E-state index >= 15 is 0 Å². The lowest BCUT2D eigenvalue weighted by Crippen LogP contribution is -2.02. The Balaban J connectivity index is 0.000001000. The van der Waals surface area contributed by atoms with Crippen LogP contribution in [0.15, 0.2) is 12.3 Å². The van der Waals surface area contributed by atoms with Crippen molar-refractivity contribution < 1.29 is 8.78 Å². The van der Waals surface area contributed by atoms with Crippen LogP contribution in [0.1, 0.15) is 5.56 Å². The minimum Gasteiger partial charge on any atom is -0.326 e. The Morgan fingerprint density at radius 3 is 2.55 bits per heavy atom. The number of halogens is 3. The van der Waals surface area contributed by atoms with Crippen molar-refractivity contribution in [2.24, 2.45) is 5.73 Å². The molecule has 0 atom stereocenters. The number of aromatic nitrogens is 1. The maximum Gasteiger partial charge on any atom is 0.249 e. The Morgan fingerprint density at radius 2 is 2.09 bits per heavy atom. The number of hydrogen-bond donors (Lipinski definition) is 1. The van der Waals surface area contributed by atoms with Crippen LogP contribution in [0, 0.1) is 11.8 Å². The van der Waals surface area contributed by atoms with Gasteiger partial charge in [-0.3, -0.25) is 0 Å². The summed E-state index contributed by atoms with van der Waals surface area (Å²) in [5.41, 5.74) is 5.23. The largest absolute Gasteiger partial charge is 0.326 e. The first-order valence-electron chi connectivity index (χ1n) is 2.74. The molecule has 0 fully saturated rings. The van der Waals surface area contributed by atoms with E-state index in [1.165, 1.54) is 12.3 Å². The summed E-state index contributed by atoms with van der Waals surface area (Å²) in [5.74, 6) is -2.05. The third-order valence-electron chi connectivity index (χ3n) is 1.15. The van der Waals surface area contributed by atoms with Crippen LogP contribution in [-0.2, 0) is 6.54 Å². The second-order valence-corrected chi connectivity index (χ2v) is 1.78. The SMILES string of the molecule is Cl.NCc1ccnc(F)c1F. The van der Waals surface area contributed by atoms with Crippen molar-refractivity contribution in [1.82, 2.24) is 4.98 Å². The monoisotopic (exact) mass is 180 g/mol. The maximum absolute atomic E-state index is 12.5. The summed E-state index contributed by atoms with van der Waals surface area (Å²) in [5, 5.41) is 0. The molecule has 11 heavy (non-hydrogen) atoms. The Kier molecular flexibility index (Phi) is 3.92. The highest BCUT2D eigenvalue weighted by atomic mass is 35.5. The highest BCUT2D eigenvalue weighted by molar-refractivity contribution is 5.85. The third-order valence-corrected chi connectivity index (χ3v) is 1.15. The first-order chi connectivity index (χ1) is 4.75. The van der Waals surface area contributed by atoms with Gasteiger partial charge in [0.1, 0.15) is 0 Å². The average Bonchev–Trinajstić information content (AvgIpc) is 1.95. The Bertz CT molecular complexity index is 242. The molecule has 0 unspecified atom stereocenters. The summed E-state index contributed by atoms with van der Waals surface area (Å²) in [6, 6.07) is 1.35. The number of nitrogens with two attached hydrogens (primary N) is 1. The van der Waals surface area contributed by atoms with E-state index in [2.05, 4.69) is 4.98 Å². The molecule has 0 saturated heterocycles. The molecule has 62 valence electrons. The van der Waals surface area contributed by atoms with Crippen molar-refractivity contribution >= 4 is 12.4 Å². The first kappa shape index (κ1) is 10.3. The predicted molar refractivity (Wildman–Crippen MR) is 39.3 cm³/mol. The van der Waals surface area contributed by atoms with Gasteiger partial charge in [0, 0.05) is 18.3 Å². The van der Waals surface area contributed by atoms with Crippen LogP contribution in [-0.4, -0.2) is 4.98 Å². The molecule has 0 amide bonds.